The number of rotatable bonds is 4. The van der Waals surface area contributed by atoms with E-state index in [9.17, 15) is 10.1 Å². The van der Waals surface area contributed by atoms with Crippen molar-refractivity contribution >= 4 is 33.9 Å². The standard InChI is InChI=1S/C19H25N7OS/c1-12-8-18(28-24-12)22-16-9-14(11-21-17(16)10-20)26-7-5-6-15(13(26)2)23-19(27)25(3)4/h8-9,11,13,15,22H,5-7H2,1-4H3,(H,23,27)/t13-,15-/m1/s1. The lowest BCUT2D eigenvalue weighted by atomic mass is 9.97. The summed E-state index contributed by atoms with van der Waals surface area (Å²) in [5, 5.41) is 16.7. The molecule has 0 aliphatic carbocycles. The highest BCUT2D eigenvalue weighted by molar-refractivity contribution is 7.10. The van der Waals surface area contributed by atoms with Crippen LogP contribution in [0.15, 0.2) is 18.3 Å². The Kier molecular flexibility index (Phi) is 5.99. The van der Waals surface area contributed by atoms with Crippen LogP contribution in [0.4, 0.5) is 21.2 Å². The quantitative estimate of drug-likeness (QED) is 0.820. The summed E-state index contributed by atoms with van der Waals surface area (Å²) < 4.78 is 4.27. The zero-order valence-electron chi connectivity index (χ0n) is 16.6. The fraction of sp³-hybridized carbons (Fsp3) is 0.474. The van der Waals surface area contributed by atoms with Gasteiger partial charge in [-0.2, -0.15) is 9.64 Å². The summed E-state index contributed by atoms with van der Waals surface area (Å²) in [5.41, 5.74) is 2.87. The fourth-order valence-electron chi connectivity index (χ4n) is 3.34. The maximum absolute atomic E-state index is 12.1. The number of aryl methyl sites for hydroxylation is 1. The van der Waals surface area contributed by atoms with Crippen molar-refractivity contribution < 1.29 is 4.79 Å². The number of carbonyl (C=O) groups excluding carboxylic acids is 1. The maximum Gasteiger partial charge on any atom is 0.317 e. The normalized spacial score (nSPS) is 19.0. The predicted molar refractivity (Wildman–Crippen MR) is 111 cm³/mol. The molecule has 0 spiro atoms. The highest BCUT2D eigenvalue weighted by Gasteiger charge is 2.30. The van der Waals surface area contributed by atoms with Crippen LogP contribution >= 0.6 is 11.5 Å². The van der Waals surface area contributed by atoms with Crippen LogP contribution in [0.3, 0.4) is 0 Å². The van der Waals surface area contributed by atoms with Crippen LogP contribution in [0.25, 0.3) is 0 Å². The van der Waals surface area contributed by atoms with Crippen LogP contribution in [0.2, 0.25) is 0 Å². The third-order valence-electron chi connectivity index (χ3n) is 4.90. The molecular formula is C19H25N7OS. The largest absolute Gasteiger partial charge is 0.365 e. The molecule has 3 heterocycles. The number of nitrogens with one attached hydrogen (secondary N) is 2. The molecule has 2 aromatic heterocycles. The topological polar surface area (TPSA) is 97.2 Å². The minimum absolute atomic E-state index is 0.0554. The summed E-state index contributed by atoms with van der Waals surface area (Å²) in [6, 6.07) is 6.12. The van der Waals surface area contributed by atoms with Crippen LogP contribution in [0.1, 0.15) is 31.2 Å². The lowest BCUT2D eigenvalue weighted by Crippen LogP contribution is -2.55. The predicted octanol–water partition coefficient (Wildman–Crippen LogP) is 3.09. The molecule has 9 heteroatoms. The van der Waals surface area contributed by atoms with Gasteiger partial charge in [-0.3, -0.25) is 0 Å². The number of amides is 2. The summed E-state index contributed by atoms with van der Waals surface area (Å²) in [7, 11) is 3.48. The number of aromatic nitrogens is 2. The summed E-state index contributed by atoms with van der Waals surface area (Å²) in [5.74, 6) is 0. The number of nitrogens with zero attached hydrogens (tertiary/aromatic N) is 5. The number of hydrogen-bond acceptors (Lipinski definition) is 7. The van der Waals surface area contributed by atoms with Gasteiger partial charge in [0.25, 0.3) is 0 Å². The molecule has 2 amide bonds. The Hall–Kier alpha value is -2.86. The first-order valence-corrected chi connectivity index (χ1v) is 10.0. The van der Waals surface area contributed by atoms with Crippen molar-refractivity contribution in [2.75, 3.05) is 30.9 Å². The molecule has 0 aromatic carbocycles. The summed E-state index contributed by atoms with van der Waals surface area (Å²) in [6.45, 7) is 4.92. The van der Waals surface area contributed by atoms with Gasteiger partial charge in [0.05, 0.1) is 29.3 Å². The summed E-state index contributed by atoms with van der Waals surface area (Å²) in [6.07, 6.45) is 3.64. The van der Waals surface area contributed by atoms with Gasteiger partial charge >= 0.3 is 6.03 Å². The minimum Gasteiger partial charge on any atom is -0.365 e. The van der Waals surface area contributed by atoms with Crippen molar-refractivity contribution in [2.24, 2.45) is 0 Å². The van der Waals surface area contributed by atoms with Crippen LogP contribution in [0, 0.1) is 18.3 Å². The third kappa shape index (κ3) is 4.34. The Morgan fingerprint density at radius 1 is 1.43 bits per heavy atom. The molecule has 8 nitrogen and oxygen atoms in total. The van der Waals surface area contributed by atoms with Gasteiger partial charge in [-0.1, -0.05) is 0 Å². The van der Waals surface area contributed by atoms with Crippen molar-refractivity contribution in [3.63, 3.8) is 0 Å². The summed E-state index contributed by atoms with van der Waals surface area (Å²) >= 11 is 1.35. The van der Waals surface area contributed by atoms with Gasteiger partial charge in [-0.15, -0.1) is 0 Å². The number of urea groups is 1. The van der Waals surface area contributed by atoms with E-state index in [0.717, 1.165) is 35.8 Å². The first-order valence-electron chi connectivity index (χ1n) is 9.24. The van der Waals surface area contributed by atoms with E-state index < -0.39 is 0 Å². The van der Waals surface area contributed by atoms with Gasteiger partial charge < -0.3 is 20.4 Å². The molecule has 1 saturated heterocycles. The second-order valence-corrected chi connectivity index (χ2v) is 7.99. The molecule has 0 unspecified atom stereocenters. The second kappa shape index (κ2) is 8.44. The van der Waals surface area contributed by atoms with Gasteiger partial charge in [0.1, 0.15) is 11.1 Å². The Morgan fingerprint density at radius 3 is 2.86 bits per heavy atom. The summed E-state index contributed by atoms with van der Waals surface area (Å²) in [4.78, 5) is 20.2. The minimum atomic E-state index is -0.0837. The monoisotopic (exact) mass is 399 g/mol. The molecule has 2 N–H and O–H groups in total. The third-order valence-corrected chi connectivity index (χ3v) is 5.70. The van der Waals surface area contributed by atoms with Gasteiger partial charge in [0.15, 0.2) is 5.69 Å². The molecule has 3 rings (SSSR count). The zero-order valence-corrected chi connectivity index (χ0v) is 17.4. The second-order valence-electron chi connectivity index (χ2n) is 7.19. The van der Waals surface area contributed by atoms with E-state index in [1.54, 1.807) is 25.2 Å². The SMILES string of the molecule is Cc1cc(Nc2cc(N3CCC[C@@H](NC(=O)N(C)C)[C@H]3C)cnc2C#N)sn1. The van der Waals surface area contributed by atoms with Gasteiger partial charge in [-0.25, -0.2) is 9.78 Å². The maximum atomic E-state index is 12.1. The van der Waals surface area contributed by atoms with E-state index in [1.165, 1.54) is 11.5 Å². The van der Waals surface area contributed by atoms with Crippen LogP contribution < -0.4 is 15.5 Å². The van der Waals surface area contributed by atoms with Crippen LogP contribution in [-0.4, -0.2) is 53.0 Å². The van der Waals surface area contributed by atoms with Gasteiger partial charge in [0, 0.05) is 26.7 Å². The van der Waals surface area contributed by atoms with Crippen LogP contribution in [-0.2, 0) is 0 Å². The number of hydrogen-bond donors (Lipinski definition) is 2. The van der Waals surface area contributed by atoms with E-state index in [4.69, 9.17) is 0 Å². The first-order chi connectivity index (χ1) is 13.4. The highest BCUT2D eigenvalue weighted by Crippen LogP contribution is 2.30. The van der Waals surface area contributed by atoms with Crippen molar-refractivity contribution in [3.8, 4) is 6.07 Å². The number of carbonyl (C=O) groups is 1. The van der Waals surface area contributed by atoms with Crippen molar-refractivity contribution in [2.45, 2.75) is 38.8 Å². The zero-order chi connectivity index (χ0) is 20.3. The molecule has 0 bridgehead atoms. The fourth-order valence-corrected chi connectivity index (χ4v) is 4.01. The Morgan fingerprint density at radius 2 is 2.21 bits per heavy atom. The molecule has 1 aliphatic rings. The van der Waals surface area contributed by atoms with E-state index in [1.807, 2.05) is 19.1 Å². The van der Waals surface area contributed by atoms with Crippen molar-refractivity contribution in [3.05, 3.63) is 29.7 Å². The lowest BCUT2D eigenvalue weighted by Gasteiger charge is -2.41. The molecule has 148 valence electrons. The van der Waals surface area contributed by atoms with E-state index in [0.29, 0.717) is 11.4 Å². The molecular weight excluding hydrogens is 374 g/mol. The first kappa shape index (κ1) is 19.9. The molecule has 0 radical (unpaired) electrons. The van der Waals surface area contributed by atoms with Crippen molar-refractivity contribution in [1.29, 1.82) is 5.26 Å². The van der Waals surface area contributed by atoms with Gasteiger partial charge in [0.2, 0.25) is 0 Å². The van der Waals surface area contributed by atoms with Crippen molar-refractivity contribution in [1.82, 2.24) is 19.6 Å². The molecule has 2 aromatic rings. The van der Waals surface area contributed by atoms with Gasteiger partial charge in [-0.05, 0) is 50.4 Å². The lowest BCUT2D eigenvalue weighted by molar-refractivity contribution is 0.207. The molecule has 0 saturated carbocycles. The Labute approximate surface area is 169 Å². The number of piperidine rings is 1. The van der Waals surface area contributed by atoms with E-state index >= 15 is 0 Å². The van der Waals surface area contributed by atoms with E-state index in [-0.39, 0.29) is 18.1 Å². The smallest absolute Gasteiger partial charge is 0.317 e. The number of nitriles is 1. The van der Waals surface area contributed by atoms with E-state index in [2.05, 4.69) is 37.9 Å². The molecule has 2 atom stereocenters. The molecule has 28 heavy (non-hydrogen) atoms. The number of pyridine rings is 1. The molecule has 1 fully saturated rings. The Balaban J connectivity index is 1.83. The highest BCUT2D eigenvalue weighted by atomic mass is 32.1. The molecule has 1 aliphatic heterocycles. The Bertz CT molecular complexity index is 889. The number of anilines is 3. The average Bonchev–Trinajstić information content (AvgIpc) is 3.08. The van der Waals surface area contributed by atoms with Crippen LogP contribution in [0.5, 0.6) is 0 Å². The average molecular weight is 400 g/mol.